The lowest BCUT2D eigenvalue weighted by Crippen LogP contribution is -2.34. The first kappa shape index (κ1) is 13.3. The molecular formula is C12H18N2O3. The van der Waals surface area contributed by atoms with Gasteiger partial charge in [0.25, 0.3) is 0 Å². The van der Waals surface area contributed by atoms with Crippen LogP contribution >= 0.6 is 0 Å². The van der Waals surface area contributed by atoms with Crippen LogP contribution in [0, 0.1) is 6.92 Å². The molecule has 1 amide bonds. The molecule has 0 aromatic carbocycles. The van der Waals surface area contributed by atoms with Crippen LogP contribution in [0.3, 0.4) is 0 Å². The first-order valence-corrected chi connectivity index (χ1v) is 5.34. The summed E-state index contributed by atoms with van der Waals surface area (Å²) < 4.78 is 5.18. The highest BCUT2D eigenvalue weighted by Gasteiger charge is 2.23. The van der Waals surface area contributed by atoms with Gasteiger partial charge in [0.15, 0.2) is 11.6 Å². The molecular weight excluding hydrogens is 220 g/mol. The lowest BCUT2D eigenvalue weighted by Gasteiger charge is -2.24. The third-order valence-corrected chi connectivity index (χ3v) is 1.98. The van der Waals surface area contributed by atoms with Crippen LogP contribution in [0.2, 0.25) is 0 Å². The van der Waals surface area contributed by atoms with Gasteiger partial charge in [0.05, 0.1) is 0 Å². The maximum absolute atomic E-state index is 11.8. The number of carbonyl (C=O) groups excluding carboxylic acids is 1. The highest BCUT2D eigenvalue weighted by atomic mass is 16.6. The van der Waals surface area contributed by atoms with E-state index in [0.717, 1.165) is 0 Å². The Labute approximate surface area is 101 Å². The van der Waals surface area contributed by atoms with Crippen LogP contribution in [-0.4, -0.2) is 28.8 Å². The molecule has 1 aromatic rings. The van der Waals surface area contributed by atoms with Crippen molar-refractivity contribution in [1.29, 1.82) is 0 Å². The minimum Gasteiger partial charge on any atom is -0.504 e. The van der Waals surface area contributed by atoms with E-state index in [1.807, 2.05) is 0 Å². The molecule has 17 heavy (non-hydrogen) atoms. The quantitative estimate of drug-likeness (QED) is 0.816. The van der Waals surface area contributed by atoms with Crippen molar-refractivity contribution in [2.45, 2.75) is 33.3 Å². The standard InChI is InChI=1S/C12H18N2O3/c1-8-6-7-9(15)10(13-8)14(5)11(16)17-12(2,3)4/h6-7,15H,1-5H3. The molecule has 0 atom stereocenters. The fraction of sp³-hybridized carbons (Fsp3) is 0.500. The second-order valence-electron chi connectivity index (χ2n) is 4.83. The second-order valence-corrected chi connectivity index (χ2v) is 4.83. The highest BCUT2D eigenvalue weighted by molar-refractivity contribution is 5.87. The number of hydrogen-bond acceptors (Lipinski definition) is 4. The minimum absolute atomic E-state index is 0.0519. The zero-order valence-corrected chi connectivity index (χ0v) is 10.8. The molecule has 94 valence electrons. The maximum atomic E-state index is 11.8. The Morgan fingerprint density at radius 1 is 1.41 bits per heavy atom. The molecule has 1 rings (SSSR count). The summed E-state index contributed by atoms with van der Waals surface area (Å²) in [4.78, 5) is 17.1. The molecule has 0 spiro atoms. The third-order valence-electron chi connectivity index (χ3n) is 1.98. The Morgan fingerprint density at radius 2 is 2.00 bits per heavy atom. The Bertz CT molecular complexity index is 424. The first-order valence-electron chi connectivity index (χ1n) is 5.34. The van der Waals surface area contributed by atoms with E-state index in [-0.39, 0.29) is 11.6 Å². The summed E-state index contributed by atoms with van der Waals surface area (Å²) in [6.07, 6.45) is -0.550. The zero-order chi connectivity index (χ0) is 13.2. The number of nitrogens with zero attached hydrogens (tertiary/aromatic N) is 2. The molecule has 0 aliphatic rings. The van der Waals surface area contributed by atoms with E-state index in [0.29, 0.717) is 5.69 Å². The smallest absolute Gasteiger partial charge is 0.415 e. The van der Waals surface area contributed by atoms with E-state index < -0.39 is 11.7 Å². The molecule has 5 nitrogen and oxygen atoms in total. The van der Waals surface area contributed by atoms with Crippen molar-refractivity contribution in [3.8, 4) is 5.75 Å². The van der Waals surface area contributed by atoms with Crippen molar-refractivity contribution in [3.05, 3.63) is 17.8 Å². The summed E-state index contributed by atoms with van der Waals surface area (Å²) in [7, 11) is 1.51. The van der Waals surface area contributed by atoms with Crippen molar-refractivity contribution in [3.63, 3.8) is 0 Å². The Balaban J connectivity index is 2.92. The number of hydrogen-bond donors (Lipinski definition) is 1. The summed E-state index contributed by atoms with van der Waals surface area (Å²) in [5, 5.41) is 9.64. The number of rotatable bonds is 1. The SMILES string of the molecule is Cc1ccc(O)c(N(C)C(=O)OC(C)(C)C)n1. The number of pyridine rings is 1. The van der Waals surface area contributed by atoms with Crippen LogP contribution in [0.25, 0.3) is 0 Å². The van der Waals surface area contributed by atoms with Crippen molar-refractivity contribution in [2.24, 2.45) is 0 Å². The van der Waals surface area contributed by atoms with Gasteiger partial charge in [-0.1, -0.05) is 0 Å². The number of aromatic hydroxyl groups is 1. The molecule has 0 aliphatic carbocycles. The normalized spacial score (nSPS) is 11.1. The molecule has 0 radical (unpaired) electrons. The van der Waals surface area contributed by atoms with E-state index in [1.54, 1.807) is 33.8 Å². The van der Waals surface area contributed by atoms with Crippen LogP contribution in [0.5, 0.6) is 5.75 Å². The summed E-state index contributed by atoms with van der Waals surface area (Å²) >= 11 is 0. The van der Waals surface area contributed by atoms with E-state index >= 15 is 0 Å². The predicted molar refractivity (Wildman–Crippen MR) is 65.3 cm³/mol. The van der Waals surface area contributed by atoms with Gasteiger partial charge in [-0.25, -0.2) is 9.78 Å². The number of ether oxygens (including phenoxy) is 1. The average Bonchev–Trinajstić information content (AvgIpc) is 2.18. The molecule has 0 aliphatic heterocycles. The van der Waals surface area contributed by atoms with Crippen LogP contribution in [0.4, 0.5) is 10.6 Å². The summed E-state index contributed by atoms with van der Waals surface area (Å²) in [5.41, 5.74) is 0.137. The predicted octanol–water partition coefficient (Wildman–Crippen LogP) is 2.47. The fourth-order valence-corrected chi connectivity index (χ4v) is 1.20. The van der Waals surface area contributed by atoms with E-state index in [4.69, 9.17) is 4.74 Å². The van der Waals surface area contributed by atoms with Gasteiger partial charge in [-0.05, 0) is 39.8 Å². The topological polar surface area (TPSA) is 62.7 Å². The number of amides is 1. The van der Waals surface area contributed by atoms with Crippen LogP contribution in [-0.2, 0) is 4.74 Å². The van der Waals surface area contributed by atoms with Crippen LogP contribution < -0.4 is 4.90 Å². The molecule has 1 aromatic heterocycles. The molecule has 1 heterocycles. The molecule has 5 heteroatoms. The van der Waals surface area contributed by atoms with Gasteiger partial charge in [-0.15, -0.1) is 0 Å². The van der Waals surface area contributed by atoms with Gasteiger partial charge < -0.3 is 9.84 Å². The van der Waals surface area contributed by atoms with Crippen molar-refractivity contribution in [2.75, 3.05) is 11.9 Å². The second kappa shape index (κ2) is 4.61. The lowest BCUT2D eigenvalue weighted by atomic mass is 10.2. The molecule has 0 saturated carbocycles. The maximum Gasteiger partial charge on any atom is 0.415 e. The van der Waals surface area contributed by atoms with Gasteiger partial charge in [-0.2, -0.15) is 0 Å². The zero-order valence-electron chi connectivity index (χ0n) is 10.8. The molecule has 0 bridgehead atoms. The summed E-state index contributed by atoms with van der Waals surface area (Å²) in [6, 6.07) is 3.17. The van der Waals surface area contributed by atoms with Crippen molar-refractivity contribution in [1.82, 2.24) is 4.98 Å². The van der Waals surface area contributed by atoms with Gasteiger partial charge in [0, 0.05) is 12.7 Å². The number of carbonyl (C=O) groups is 1. The lowest BCUT2D eigenvalue weighted by molar-refractivity contribution is 0.0587. The third kappa shape index (κ3) is 3.62. The molecule has 0 saturated heterocycles. The Kier molecular flexibility index (Phi) is 3.60. The highest BCUT2D eigenvalue weighted by Crippen LogP contribution is 2.25. The largest absolute Gasteiger partial charge is 0.504 e. The molecule has 1 N–H and O–H groups in total. The monoisotopic (exact) mass is 238 g/mol. The average molecular weight is 238 g/mol. The van der Waals surface area contributed by atoms with E-state index in [2.05, 4.69) is 4.98 Å². The van der Waals surface area contributed by atoms with Crippen LogP contribution in [0.15, 0.2) is 12.1 Å². The number of anilines is 1. The van der Waals surface area contributed by atoms with Crippen LogP contribution in [0.1, 0.15) is 26.5 Å². The number of aromatic nitrogens is 1. The molecule has 0 fully saturated rings. The van der Waals surface area contributed by atoms with Crippen molar-refractivity contribution < 1.29 is 14.6 Å². The summed E-state index contributed by atoms with van der Waals surface area (Å²) in [6.45, 7) is 7.12. The molecule has 0 unspecified atom stereocenters. The Morgan fingerprint density at radius 3 is 2.53 bits per heavy atom. The van der Waals surface area contributed by atoms with Gasteiger partial charge in [-0.3, -0.25) is 4.90 Å². The van der Waals surface area contributed by atoms with E-state index in [9.17, 15) is 9.90 Å². The van der Waals surface area contributed by atoms with Gasteiger partial charge in [0.1, 0.15) is 5.60 Å². The first-order chi connectivity index (χ1) is 7.70. The van der Waals surface area contributed by atoms with E-state index in [1.165, 1.54) is 18.0 Å². The fourth-order valence-electron chi connectivity index (χ4n) is 1.20. The number of aryl methyl sites for hydroxylation is 1. The Hall–Kier alpha value is -1.78. The summed E-state index contributed by atoms with van der Waals surface area (Å²) in [5.74, 6) is 0.142. The van der Waals surface area contributed by atoms with Gasteiger partial charge in [0.2, 0.25) is 0 Å². The van der Waals surface area contributed by atoms with Crippen molar-refractivity contribution >= 4 is 11.9 Å². The minimum atomic E-state index is -0.579. The van der Waals surface area contributed by atoms with Gasteiger partial charge >= 0.3 is 6.09 Å².